The Morgan fingerprint density at radius 1 is 1.33 bits per heavy atom. The van der Waals surface area contributed by atoms with Gasteiger partial charge in [-0.05, 0) is 43.3 Å². The number of unbranched alkanes of at least 4 members (excludes halogenated alkanes) is 1. The molecule has 0 bridgehead atoms. The molecule has 0 amide bonds. The molecule has 0 aromatic heterocycles. The molecule has 1 aliphatic carbocycles. The first-order chi connectivity index (χ1) is 8.68. The number of rotatable bonds is 9. The Morgan fingerprint density at radius 3 is 2.50 bits per heavy atom. The quantitative estimate of drug-likeness (QED) is 0.419. The lowest BCUT2D eigenvalue weighted by atomic mass is 9.62. The molecule has 2 unspecified atom stereocenters. The van der Waals surface area contributed by atoms with E-state index in [-0.39, 0.29) is 12.4 Å². The van der Waals surface area contributed by atoms with Crippen molar-refractivity contribution in [1.82, 2.24) is 0 Å². The van der Waals surface area contributed by atoms with Gasteiger partial charge in [-0.1, -0.05) is 48.8 Å². The summed E-state index contributed by atoms with van der Waals surface area (Å²) >= 11 is 2.29. The average Bonchev–Trinajstić information content (AvgIpc) is 2.28. The molecule has 0 N–H and O–H groups in total. The fourth-order valence-electron chi connectivity index (χ4n) is 2.78. The highest BCUT2D eigenvalue weighted by Gasteiger charge is 2.43. The smallest absolute Gasteiger partial charge is 0.155 e. The van der Waals surface area contributed by atoms with Crippen molar-refractivity contribution >= 4 is 22.6 Å². The molecule has 0 aromatic carbocycles. The van der Waals surface area contributed by atoms with Crippen LogP contribution in [0.2, 0.25) is 0 Å². The lowest BCUT2D eigenvalue weighted by Crippen LogP contribution is -2.43. The van der Waals surface area contributed by atoms with Crippen molar-refractivity contribution in [3.8, 4) is 0 Å². The third-order valence-corrected chi connectivity index (χ3v) is 4.38. The molecule has 0 aromatic rings. The van der Waals surface area contributed by atoms with E-state index < -0.39 is 0 Å². The second kappa shape index (κ2) is 8.54. The van der Waals surface area contributed by atoms with Crippen molar-refractivity contribution in [2.75, 3.05) is 6.61 Å². The Kier molecular flexibility index (Phi) is 7.80. The van der Waals surface area contributed by atoms with Gasteiger partial charge in [0.2, 0.25) is 0 Å². The second-order valence-electron chi connectivity index (χ2n) is 5.22. The fraction of sp³-hybridized carbons (Fsp3) is 0.867. The molecule has 3 heteroatoms. The summed E-state index contributed by atoms with van der Waals surface area (Å²) in [6, 6.07) is 0. The maximum absolute atomic E-state index is 6.12. The third kappa shape index (κ3) is 4.49. The highest BCUT2D eigenvalue weighted by atomic mass is 127. The first kappa shape index (κ1) is 16.4. The van der Waals surface area contributed by atoms with Crippen LogP contribution in [-0.2, 0) is 9.47 Å². The SMILES string of the molecule is CCCCC1(C(/C=C/I)OC(C)OCC)CCC1. The summed E-state index contributed by atoms with van der Waals surface area (Å²) in [5, 5.41) is 0. The van der Waals surface area contributed by atoms with E-state index in [1.54, 1.807) is 0 Å². The van der Waals surface area contributed by atoms with E-state index >= 15 is 0 Å². The summed E-state index contributed by atoms with van der Waals surface area (Å²) in [5.74, 6) is 0. The number of hydrogen-bond acceptors (Lipinski definition) is 2. The minimum Gasteiger partial charge on any atom is -0.353 e. The van der Waals surface area contributed by atoms with Crippen molar-refractivity contribution in [1.29, 1.82) is 0 Å². The molecule has 0 saturated heterocycles. The van der Waals surface area contributed by atoms with Crippen LogP contribution in [0.3, 0.4) is 0 Å². The molecule has 18 heavy (non-hydrogen) atoms. The first-order valence-corrected chi connectivity index (χ1v) is 8.47. The molecule has 0 heterocycles. The van der Waals surface area contributed by atoms with Gasteiger partial charge in [0, 0.05) is 12.0 Å². The van der Waals surface area contributed by atoms with Crippen molar-refractivity contribution in [2.45, 2.75) is 71.7 Å². The molecular formula is C15H27IO2. The normalized spacial score (nSPS) is 21.8. The highest BCUT2D eigenvalue weighted by Crippen LogP contribution is 2.49. The Morgan fingerprint density at radius 2 is 2.06 bits per heavy atom. The van der Waals surface area contributed by atoms with Crippen LogP contribution in [0.25, 0.3) is 0 Å². The average molecular weight is 366 g/mol. The molecule has 2 nitrogen and oxygen atoms in total. The second-order valence-corrected chi connectivity index (χ2v) is 5.94. The van der Waals surface area contributed by atoms with Gasteiger partial charge in [-0.3, -0.25) is 0 Å². The molecule has 106 valence electrons. The van der Waals surface area contributed by atoms with E-state index in [1.807, 2.05) is 13.8 Å². The zero-order valence-electron chi connectivity index (χ0n) is 12.0. The Bertz CT molecular complexity index is 249. The van der Waals surface area contributed by atoms with Crippen molar-refractivity contribution in [3.05, 3.63) is 10.2 Å². The lowest BCUT2D eigenvalue weighted by molar-refractivity contribution is -0.186. The number of halogens is 1. The predicted octanol–water partition coefficient (Wildman–Crippen LogP) is 5.06. The zero-order chi connectivity index (χ0) is 13.4. The van der Waals surface area contributed by atoms with Crippen LogP contribution in [-0.4, -0.2) is 19.0 Å². The summed E-state index contributed by atoms with van der Waals surface area (Å²) in [7, 11) is 0. The summed E-state index contributed by atoms with van der Waals surface area (Å²) in [6.45, 7) is 6.99. The molecule has 1 rings (SSSR count). The molecule has 0 radical (unpaired) electrons. The number of hydrogen-bond donors (Lipinski definition) is 0. The van der Waals surface area contributed by atoms with Gasteiger partial charge in [-0.15, -0.1) is 0 Å². The van der Waals surface area contributed by atoms with Crippen LogP contribution in [0.1, 0.15) is 59.3 Å². The van der Waals surface area contributed by atoms with Gasteiger partial charge in [0.1, 0.15) is 0 Å². The summed E-state index contributed by atoms with van der Waals surface area (Å²) in [6.07, 6.45) is 10.1. The van der Waals surface area contributed by atoms with E-state index in [9.17, 15) is 0 Å². The van der Waals surface area contributed by atoms with Crippen LogP contribution in [0, 0.1) is 5.41 Å². The third-order valence-electron chi connectivity index (χ3n) is 3.97. The van der Waals surface area contributed by atoms with E-state index in [4.69, 9.17) is 9.47 Å². The lowest BCUT2D eigenvalue weighted by Gasteiger charge is -2.47. The zero-order valence-corrected chi connectivity index (χ0v) is 14.1. The van der Waals surface area contributed by atoms with Crippen LogP contribution in [0.15, 0.2) is 10.2 Å². The fourth-order valence-corrected chi connectivity index (χ4v) is 3.15. The molecular weight excluding hydrogens is 339 g/mol. The first-order valence-electron chi connectivity index (χ1n) is 7.22. The van der Waals surface area contributed by atoms with Crippen LogP contribution < -0.4 is 0 Å². The Hall–Kier alpha value is 0.390. The van der Waals surface area contributed by atoms with Gasteiger partial charge in [-0.2, -0.15) is 0 Å². The Balaban J connectivity index is 2.63. The van der Waals surface area contributed by atoms with E-state index in [0.717, 1.165) is 0 Å². The van der Waals surface area contributed by atoms with E-state index in [0.29, 0.717) is 12.0 Å². The monoisotopic (exact) mass is 366 g/mol. The van der Waals surface area contributed by atoms with Crippen LogP contribution >= 0.6 is 22.6 Å². The van der Waals surface area contributed by atoms with Gasteiger partial charge >= 0.3 is 0 Å². The van der Waals surface area contributed by atoms with Crippen molar-refractivity contribution in [2.24, 2.45) is 5.41 Å². The summed E-state index contributed by atoms with van der Waals surface area (Å²) in [5.41, 5.74) is 0.378. The molecule has 1 fully saturated rings. The van der Waals surface area contributed by atoms with E-state index in [1.165, 1.54) is 38.5 Å². The van der Waals surface area contributed by atoms with Crippen molar-refractivity contribution in [3.63, 3.8) is 0 Å². The van der Waals surface area contributed by atoms with Crippen molar-refractivity contribution < 1.29 is 9.47 Å². The van der Waals surface area contributed by atoms with Crippen LogP contribution in [0.5, 0.6) is 0 Å². The maximum Gasteiger partial charge on any atom is 0.155 e. The predicted molar refractivity (Wildman–Crippen MR) is 84.9 cm³/mol. The van der Waals surface area contributed by atoms with Gasteiger partial charge in [0.05, 0.1) is 6.10 Å². The maximum atomic E-state index is 6.12. The van der Waals surface area contributed by atoms with Crippen LogP contribution in [0.4, 0.5) is 0 Å². The minimum atomic E-state index is -0.105. The standard InChI is InChI=1S/C15H27IO2/c1-4-6-9-15(10-7-11-15)14(8-12-16)18-13(3)17-5-2/h8,12-14H,4-7,9-11H2,1-3H3/b12-8+. The number of ether oxygens (including phenoxy) is 2. The highest BCUT2D eigenvalue weighted by molar-refractivity contribution is 14.1. The minimum absolute atomic E-state index is 0.105. The van der Waals surface area contributed by atoms with Gasteiger partial charge in [0.15, 0.2) is 6.29 Å². The molecule has 1 aliphatic rings. The summed E-state index contributed by atoms with van der Waals surface area (Å²) < 4.78 is 13.7. The topological polar surface area (TPSA) is 18.5 Å². The summed E-state index contributed by atoms with van der Waals surface area (Å²) in [4.78, 5) is 0. The van der Waals surface area contributed by atoms with Gasteiger partial charge in [0.25, 0.3) is 0 Å². The van der Waals surface area contributed by atoms with E-state index in [2.05, 4.69) is 39.7 Å². The van der Waals surface area contributed by atoms with Gasteiger partial charge in [-0.25, -0.2) is 0 Å². The molecule has 0 aliphatic heterocycles. The van der Waals surface area contributed by atoms with Gasteiger partial charge < -0.3 is 9.47 Å². The molecule has 0 spiro atoms. The Labute approximate surface area is 126 Å². The largest absolute Gasteiger partial charge is 0.353 e. The molecule has 1 saturated carbocycles. The molecule has 2 atom stereocenters.